The average molecular weight is 311 g/mol. The molecule has 0 spiro atoms. The van der Waals surface area contributed by atoms with Crippen molar-refractivity contribution in [1.82, 2.24) is 0 Å². The predicted octanol–water partition coefficient (Wildman–Crippen LogP) is 5.46. The Morgan fingerprint density at radius 2 is 1.36 bits per heavy atom. The summed E-state index contributed by atoms with van der Waals surface area (Å²) in [7, 11) is 0. The Hall–Kier alpha value is -2.65. The van der Waals surface area contributed by atoms with Gasteiger partial charge in [0.05, 0.1) is 11.4 Å². The van der Waals surface area contributed by atoms with E-state index in [2.05, 4.69) is 5.32 Å². The Morgan fingerprint density at radius 1 is 0.773 bits per heavy atom. The lowest BCUT2D eigenvalue weighted by Gasteiger charge is -2.10. The van der Waals surface area contributed by atoms with Gasteiger partial charge in [-0.05, 0) is 60.7 Å². The first-order valence-electron chi connectivity index (χ1n) is 6.86. The number of rotatable bonds is 4. The summed E-state index contributed by atoms with van der Waals surface area (Å²) in [6, 6.07) is 22.6. The highest BCUT2D eigenvalue weighted by atomic mass is 35.5. The molecule has 3 aromatic carbocycles. The highest BCUT2D eigenvalue weighted by Gasteiger charge is 2.00. The third kappa shape index (κ3) is 3.51. The van der Waals surface area contributed by atoms with Gasteiger partial charge >= 0.3 is 0 Å². The molecule has 0 heterocycles. The van der Waals surface area contributed by atoms with E-state index in [-0.39, 0.29) is 0 Å². The molecule has 0 aromatic heterocycles. The van der Waals surface area contributed by atoms with Gasteiger partial charge in [-0.3, -0.25) is 0 Å². The first-order valence-corrected chi connectivity index (χ1v) is 7.23. The lowest BCUT2D eigenvalue weighted by molar-refractivity contribution is 0.483. The highest BCUT2D eigenvalue weighted by molar-refractivity contribution is 6.30. The molecule has 4 heteroatoms. The van der Waals surface area contributed by atoms with Crippen LogP contribution in [0, 0.1) is 0 Å². The number of nitrogens with two attached hydrogens (primary N) is 1. The van der Waals surface area contributed by atoms with Crippen LogP contribution >= 0.6 is 11.6 Å². The minimum Gasteiger partial charge on any atom is -0.457 e. The van der Waals surface area contributed by atoms with Gasteiger partial charge in [-0.1, -0.05) is 23.7 Å². The van der Waals surface area contributed by atoms with Crippen molar-refractivity contribution in [3.63, 3.8) is 0 Å². The molecule has 0 aliphatic rings. The summed E-state index contributed by atoms with van der Waals surface area (Å²) < 4.78 is 5.75. The maximum absolute atomic E-state index is 5.91. The van der Waals surface area contributed by atoms with E-state index in [0.717, 1.165) is 22.9 Å². The number of ether oxygens (including phenoxy) is 1. The summed E-state index contributed by atoms with van der Waals surface area (Å²) in [5.41, 5.74) is 8.46. The van der Waals surface area contributed by atoms with E-state index in [4.69, 9.17) is 22.1 Å². The van der Waals surface area contributed by atoms with E-state index in [1.807, 2.05) is 60.7 Å². The van der Waals surface area contributed by atoms with Crippen molar-refractivity contribution < 1.29 is 4.74 Å². The van der Waals surface area contributed by atoms with E-state index >= 15 is 0 Å². The molecule has 0 unspecified atom stereocenters. The molecular weight excluding hydrogens is 296 g/mol. The summed E-state index contributed by atoms with van der Waals surface area (Å²) in [6.07, 6.45) is 0. The van der Waals surface area contributed by atoms with Gasteiger partial charge in [-0.15, -0.1) is 0 Å². The monoisotopic (exact) mass is 310 g/mol. The second-order valence-corrected chi connectivity index (χ2v) is 5.23. The minimum atomic E-state index is 0.687. The highest BCUT2D eigenvalue weighted by Crippen LogP contribution is 2.27. The van der Waals surface area contributed by atoms with Crippen LogP contribution in [-0.4, -0.2) is 0 Å². The van der Waals surface area contributed by atoms with Crippen LogP contribution in [0.4, 0.5) is 17.1 Å². The zero-order valence-corrected chi connectivity index (χ0v) is 12.5. The van der Waals surface area contributed by atoms with Crippen LogP contribution in [0.25, 0.3) is 0 Å². The van der Waals surface area contributed by atoms with Crippen molar-refractivity contribution in [3.05, 3.63) is 77.8 Å². The molecule has 0 aliphatic carbocycles. The SMILES string of the molecule is Nc1ccccc1Nc1ccc(Oc2ccc(Cl)cc2)cc1. The molecule has 0 amide bonds. The van der Waals surface area contributed by atoms with E-state index in [1.54, 1.807) is 12.1 Å². The summed E-state index contributed by atoms with van der Waals surface area (Å²) in [5, 5.41) is 3.96. The standard InChI is InChI=1S/C18H15ClN2O/c19-13-5-9-15(10-6-13)22-16-11-7-14(8-12-16)21-18-4-2-1-3-17(18)20/h1-12,21H,20H2. The van der Waals surface area contributed by atoms with E-state index < -0.39 is 0 Å². The second kappa shape index (κ2) is 6.41. The van der Waals surface area contributed by atoms with Crippen LogP contribution in [0.1, 0.15) is 0 Å². The normalized spacial score (nSPS) is 10.2. The third-order valence-corrected chi connectivity index (χ3v) is 3.40. The van der Waals surface area contributed by atoms with Crippen molar-refractivity contribution in [3.8, 4) is 11.5 Å². The fraction of sp³-hybridized carbons (Fsp3) is 0. The molecule has 3 nitrogen and oxygen atoms in total. The zero-order valence-electron chi connectivity index (χ0n) is 11.8. The van der Waals surface area contributed by atoms with E-state index in [0.29, 0.717) is 10.7 Å². The Balaban J connectivity index is 1.70. The van der Waals surface area contributed by atoms with Crippen molar-refractivity contribution in [2.24, 2.45) is 0 Å². The summed E-state index contributed by atoms with van der Waals surface area (Å²) >= 11 is 5.85. The number of benzene rings is 3. The van der Waals surface area contributed by atoms with Crippen LogP contribution < -0.4 is 15.8 Å². The molecule has 110 valence electrons. The molecular formula is C18H15ClN2O. The van der Waals surface area contributed by atoms with Crippen LogP contribution in [0.15, 0.2) is 72.8 Å². The minimum absolute atomic E-state index is 0.687. The van der Waals surface area contributed by atoms with Gasteiger partial charge in [0.1, 0.15) is 11.5 Å². The molecule has 22 heavy (non-hydrogen) atoms. The average Bonchev–Trinajstić information content (AvgIpc) is 2.54. The van der Waals surface area contributed by atoms with Crippen molar-refractivity contribution in [2.75, 3.05) is 11.1 Å². The van der Waals surface area contributed by atoms with Gasteiger partial charge in [-0.2, -0.15) is 0 Å². The van der Waals surface area contributed by atoms with E-state index in [9.17, 15) is 0 Å². The topological polar surface area (TPSA) is 47.3 Å². The number of hydrogen-bond acceptors (Lipinski definition) is 3. The number of hydrogen-bond donors (Lipinski definition) is 2. The number of halogens is 1. The Kier molecular flexibility index (Phi) is 4.17. The summed E-state index contributed by atoms with van der Waals surface area (Å²) in [4.78, 5) is 0. The van der Waals surface area contributed by atoms with Gasteiger partial charge in [0, 0.05) is 10.7 Å². The first kappa shape index (κ1) is 14.3. The van der Waals surface area contributed by atoms with Crippen molar-refractivity contribution >= 4 is 28.7 Å². The molecule has 0 saturated carbocycles. The molecule has 3 N–H and O–H groups in total. The fourth-order valence-corrected chi connectivity index (χ4v) is 2.14. The zero-order chi connectivity index (χ0) is 15.4. The number of nitrogen functional groups attached to an aromatic ring is 1. The fourth-order valence-electron chi connectivity index (χ4n) is 2.01. The molecule has 3 aromatic rings. The van der Waals surface area contributed by atoms with Crippen molar-refractivity contribution in [2.45, 2.75) is 0 Å². The van der Waals surface area contributed by atoms with Crippen LogP contribution in [0.5, 0.6) is 11.5 Å². The molecule has 0 fully saturated rings. The Morgan fingerprint density at radius 3 is 2.00 bits per heavy atom. The lowest BCUT2D eigenvalue weighted by Crippen LogP contribution is -1.95. The van der Waals surface area contributed by atoms with Gasteiger partial charge in [0.15, 0.2) is 0 Å². The molecule has 0 radical (unpaired) electrons. The van der Waals surface area contributed by atoms with Crippen molar-refractivity contribution in [1.29, 1.82) is 0 Å². The largest absolute Gasteiger partial charge is 0.457 e. The quantitative estimate of drug-likeness (QED) is 0.629. The molecule has 0 atom stereocenters. The second-order valence-electron chi connectivity index (χ2n) is 4.79. The summed E-state index contributed by atoms with van der Waals surface area (Å²) in [6.45, 7) is 0. The van der Waals surface area contributed by atoms with Gasteiger partial charge in [-0.25, -0.2) is 0 Å². The predicted molar refractivity (Wildman–Crippen MR) is 92.1 cm³/mol. The van der Waals surface area contributed by atoms with Crippen LogP contribution in [-0.2, 0) is 0 Å². The third-order valence-electron chi connectivity index (χ3n) is 3.14. The number of para-hydroxylation sites is 2. The maximum atomic E-state index is 5.91. The molecule has 0 bridgehead atoms. The molecule has 0 aliphatic heterocycles. The van der Waals surface area contributed by atoms with Gasteiger partial charge in [0.25, 0.3) is 0 Å². The molecule has 3 rings (SSSR count). The van der Waals surface area contributed by atoms with Crippen LogP contribution in [0.2, 0.25) is 5.02 Å². The smallest absolute Gasteiger partial charge is 0.127 e. The summed E-state index contributed by atoms with van der Waals surface area (Å²) in [5.74, 6) is 1.51. The maximum Gasteiger partial charge on any atom is 0.127 e. The van der Waals surface area contributed by atoms with Gasteiger partial charge in [0.2, 0.25) is 0 Å². The van der Waals surface area contributed by atoms with Gasteiger partial charge < -0.3 is 15.8 Å². The first-order chi connectivity index (χ1) is 10.7. The Bertz CT molecular complexity index is 755. The van der Waals surface area contributed by atoms with Crippen LogP contribution in [0.3, 0.4) is 0 Å². The number of nitrogens with one attached hydrogen (secondary N) is 1. The number of anilines is 3. The lowest BCUT2D eigenvalue weighted by atomic mass is 10.2. The van der Waals surface area contributed by atoms with E-state index in [1.165, 1.54) is 0 Å². The molecule has 0 saturated heterocycles. The Labute approximate surface area is 134 Å².